The molecular formula is C17H16F2N2O. The van der Waals surface area contributed by atoms with E-state index in [2.05, 4.69) is 6.07 Å². The molecule has 2 aromatic rings. The molecule has 22 heavy (non-hydrogen) atoms. The number of benzene rings is 2. The first-order chi connectivity index (χ1) is 10.5. The zero-order chi connectivity index (χ0) is 16.1. The van der Waals surface area contributed by atoms with Gasteiger partial charge in [-0.1, -0.05) is 12.1 Å². The molecule has 0 bridgehead atoms. The van der Waals surface area contributed by atoms with Crippen molar-refractivity contribution in [3.05, 3.63) is 70.8 Å². The molecule has 0 radical (unpaired) electrons. The predicted octanol–water partition coefficient (Wildman–Crippen LogP) is 3.00. The molecule has 1 atom stereocenters. The van der Waals surface area contributed by atoms with E-state index in [4.69, 9.17) is 5.26 Å². The fourth-order valence-corrected chi connectivity index (χ4v) is 2.28. The van der Waals surface area contributed by atoms with Crippen LogP contribution in [0.3, 0.4) is 0 Å². The maximum Gasteiger partial charge on any atom is 0.129 e. The number of hydrogen-bond donors (Lipinski definition) is 1. The monoisotopic (exact) mass is 302 g/mol. The van der Waals surface area contributed by atoms with Crippen LogP contribution in [0.2, 0.25) is 0 Å². The number of nitrogens with zero attached hydrogens (tertiary/aromatic N) is 2. The lowest BCUT2D eigenvalue weighted by atomic mass is 10.1. The second kappa shape index (κ2) is 7.12. The van der Waals surface area contributed by atoms with E-state index >= 15 is 0 Å². The Morgan fingerprint density at radius 1 is 1.23 bits per heavy atom. The van der Waals surface area contributed by atoms with Crippen molar-refractivity contribution in [1.29, 1.82) is 5.26 Å². The third-order valence-corrected chi connectivity index (χ3v) is 3.31. The summed E-state index contributed by atoms with van der Waals surface area (Å²) in [6, 6.07) is 12.2. The van der Waals surface area contributed by atoms with Gasteiger partial charge in [-0.05, 0) is 42.9 Å². The van der Waals surface area contributed by atoms with E-state index in [1.807, 2.05) is 6.07 Å². The topological polar surface area (TPSA) is 47.3 Å². The largest absolute Gasteiger partial charge is 0.387 e. The summed E-state index contributed by atoms with van der Waals surface area (Å²) in [6.07, 6.45) is -1.13. The number of hydrogen-bond acceptors (Lipinski definition) is 3. The second-order valence-electron chi connectivity index (χ2n) is 5.19. The van der Waals surface area contributed by atoms with Gasteiger partial charge in [-0.25, -0.2) is 8.78 Å². The molecule has 0 saturated carbocycles. The number of aliphatic hydroxyl groups is 1. The highest BCUT2D eigenvalue weighted by Gasteiger charge is 2.16. The molecule has 2 aromatic carbocycles. The maximum absolute atomic E-state index is 13.6. The number of nitriles is 1. The molecular weight excluding hydrogens is 286 g/mol. The average molecular weight is 302 g/mol. The second-order valence-corrected chi connectivity index (χ2v) is 5.19. The number of likely N-dealkylation sites (N-methyl/N-ethyl adjacent to an activating group) is 1. The van der Waals surface area contributed by atoms with Gasteiger partial charge in [0, 0.05) is 18.7 Å². The van der Waals surface area contributed by atoms with Crippen molar-refractivity contribution >= 4 is 0 Å². The molecule has 5 heteroatoms. The molecule has 0 heterocycles. The van der Waals surface area contributed by atoms with Crippen LogP contribution >= 0.6 is 0 Å². The molecule has 114 valence electrons. The molecule has 0 unspecified atom stereocenters. The van der Waals surface area contributed by atoms with Gasteiger partial charge in [0.05, 0.1) is 17.7 Å². The molecule has 2 rings (SSSR count). The fraction of sp³-hybridized carbons (Fsp3) is 0.235. The quantitative estimate of drug-likeness (QED) is 0.923. The fourth-order valence-electron chi connectivity index (χ4n) is 2.28. The first kappa shape index (κ1) is 16.1. The SMILES string of the molecule is CN(Cc1cccc(C#N)c1)C[C@@H](O)c1cc(F)ccc1F. The molecule has 0 amide bonds. The summed E-state index contributed by atoms with van der Waals surface area (Å²) >= 11 is 0. The highest BCUT2D eigenvalue weighted by atomic mass is 19.1. The highest BCUT2D eigenvalue weighted by Crippen LogP contribution is 2.19. The first-order valence-electron chi connectivity index (χ1n) is 6.80. The lowest BCUT2D eigenvalue weighted by Crippen LogP contribution is -2.24. The van der Waals surface area contributed by atoms with Gasteiger partial charge in [0.25, 0.3) is 0 Å². The van der Waals surface area contributed by atoms with Crippen molar-refractivity contribution in [2.75, 3.05) is 13.6 Å². The maximum atomic E-state index is 13.6. The zero-order valence-corrected chi connectivity index (χ0v) is 12.1. The minimum atomic E-state index is -1.13. The molecule has 0 aliphatic rings. The van der Waals surface area contributed by atoms with Gasteiger partial charge in [-0.3, -0.25) is 4.90 Å². The van der Waals surface area contributed by atoms with Crippen molar-refractivity contribution < 1.29 is 13.9 Å². The van der Waals surface area contributed by atoms with Crippen LogP contribution in [0.5, 0.6) is 0 Å². The third-order valence-electron chi connectivity index (χ3n) is 3.31. The van der Waals surface area contributed by atoms with Crippen LogP contribution in [0.15, 0.2) is 42.5 Å². The van der Waals surface area contributed by atoms with Gasteiger partial charge in [0.2, 0.25) is 0 Å². The molecule has 0 aliphatic carbocycles. The zero-order valence-electron chi connectivity index (χ0n) is 12.1. The van der Waals surface area contributed by atoms with Gasteiger partial charge in [-0.15, -0.1) is 0 Å². The molecule has 0 saturated heterocycles. The lowest BCUT2D eigenvalue weighted by Gasteiger charge is -2.21. The van der Waals surface area contributed by atoms with E-state index < -0.39 is 17.7 Å². The van der Waals surface area contributed by atoms with Crippen molar-refractivity contribution in [2.24, 2.45) is 0 Å². The third kappa shape index (κ3) is 4.10. The number of aliphatic hydroxyl groups excluding tert-OH is 1. The van der Waals surface area contributed by atoms with Crippen LogP contribution in [0, 0.1) is 23.0 Å². The van der Waals surface area contributed by atoms with E-state index in [0.717, 1.165) is 23.8 Å². The van der Waals surface area contributed by atoms with Gasteiger partial charge in [0.1, 0.15) is 11.6 Å². The van der Waals surface area contributed by atoms with Gasteiger partial charge in [-0.2, -0.15) is 5.26 Å². The number of halogens is 2. The molecule has 1 N–H and O–H groups in total. The van der Waals surface area contributed by atoms with Gasteiger partial charge in [0.15, 0.2) is 0 Å². The summed E-state index contributed by atoms with van der Waals surface area (Å²) in [4.78, 5) is 1.78. The van der Waals surface area contributed by atoms with Crippen LogP contribution < -0.4 is 0 Å². The van der Waals surface area contributed by atoms with E-state index in [1.54, 1.807) is 30.1 Å². The van der Waals surface area contributed by atoms with Crippen LogP contribution in [0.4, 0.5) is 8.78 Å². The van der Waals surface area contributed by atoms with E-state index in [1.165, 1.54) is 0 Å². The van der Waals surface area contributed by atoms with Crippen LogP contribution in [0.25, 0.3) is 0 Å². The Morgan fingerprint density at radius 3 is 2.73 bits per heavy atom. The van der Waals surface area contributed by atoms with Crippen LogP contribution in [-0.4, -0.2) is 23.6 Å². The molecule has 0 spiro atoms. The number of rotatable bonds is 5. The average Bonchev–Trinajstić information content (AvgIpc) is 2.49. The Kier molecular flexibility index (Phi) is 5.21. The predicted molar refractivity (Wildman–Crippen MR) is 78.8 cm³/mol. The van der Waals surface area contributed by atoms with Crippen LogP contribution in [-0.2, 0) is 6.54 Å². The standard InChI is InChI=1S/C17H16F2N2O/c1-21(10-13-4-2-3-12(7-13)9-20)11-17(22)15-8-14(18)5-6-16(15)19/h2-8,17,22H,10-11H2,1H3/t17-/m1/s1. The Labute approximate surface area is 128 Å². The Bertz CT molecular complexity index is 697. The van der Waals surface area contributed by atoms with Gasteiger partial charge < -0.3 is 5.11 Å². The lowest BCUT2D eigenvalue weighted by molar-refractivity contribution is 0.120. The summed E-state index contributed by atoms with van der Waals surface area (Å²) in [5.41, 5.74) is 1.41. The molecule has 3 nitrogen and oxygen atoms in total. The Morgan fingerprint density at radius 2 is 2.00 bits per heavy atom. The summed E-state index contributed by atoms with van der Waals surface area (Å²) < 4.78 is 26.8. The van der Waals surface area contributed by atoms with Crippen molar-refractivity contribution in [2.45, 2.75) is 12.6 Å². The summed E-state index contributed by atoms with van der Waals surface area (Å²) in [5, 5.41) is 18.9. The highest BCUT2D eigenvalue weighted by molar-refractivity contribution is 5.32. The summed E-state index contributed by atoms with van der Waals surface area (Å²) in [7, 11) is 1.76. The van der Waals surface area contributed by atoms with Crippen LogP contribution in [0.1, 0.15) is 22.8 Å². The van der Waals surface area contributed by atoms with E-state index in [9.17, 15) is 13.9 Å². The Balaban J connectivity index is 2.03. The Hall–Kier alpha value is -2.29. The van der Waals surface area contributed by atoms with Crippen molar-refractivity contribution in [1.82, 2.24) is 4.90 Å². The molecule has 0 aliphatic heterocycles. The minimum absolute atomic E-state index is 0.0578. The summed E-state index contributed by atoms with van der Waals surface area (Å²) in [5.74, 6) is -1.21. The normalized spacial score (nSPS) is 12.2. The molecule has 0 aromatic heterocycles. The van der Waals surface area contributed by atoms with Gasteiger partial charge >= 0.3 is 0 Å². The van der Waals surface area contributed by atoms with E-state index in [-0.39, 0.29) is 12.1 Å². The summed E-state index contributed by atoms with van der Waals surface area (Å²) in [6.45, 7) is 0.640. The van der Waals surface area contributed by atoms with Crippen molar-refractivity contribution in [3.63, 3.8) is 0 Å². The van der Waals surface area contributed by atoms with E-state index in [0.29, 0.717) is 12.1 Å². The first-order valence-corrected chi connectivity index (χ1v) is 6.80. The minimum Gasteiger partial charge on any atom is -0.387 e. The smallest absolute Gasteiger partial charge is 0.129 e. The molecule has 0 fully saturated rings. The van der Waals surface area contributed by atoms with Crippen molar-refractivity contribution in [3.8, 4) is 6.07 Å².